The number of ether oxygens (including phenoxy) is 7. The second kappa shape index (κ2) is 27.4. The number of esters is 1. The molecule has 6 heterocycles. The molecule has 3 N–H and O–H groups in total. The van der Waals surface area contributed by atoms with E-state index < -0.39 is 109 Å². The highest BCUT2D eigenvalue weighted by Crippen LogP contribution is 2.48. The summed E-state index contributed by atoms with van der Waals surface area (Å²) in [4.78, 5) is 111. The van der Waals surface area contributed by atoms with Crippen molar-refractivity contribution in [3.8, 4) is 17.6 Å². The smallest absolute Gasteiger partial charge is 0.333 e. The van der Waals surface area contributed by atoms with Gasteiger partial charge >= 0.3 is 31.6 Å². The molecule has 3 aromatic heterocycles. The Morgan fingerprint density at radius 1 is 0.635 bits per heavy atom. The van der Waals surface area contributed by atoms with Crippen LogP contribution in [-0.4, -0.2) is 105 Å². The Bertz CT molecular complexity index is 3700. The first-order chi connectivity index (χ1) is 40.9. The molecule has 85 heavy (non-hydrogen) atoms. The first-order valence-corrected chi connectivity index (χ1v) is 28.7. The topological polar surface area (TPSA) is 315 Å². The lowest BCUT2D eigenvalue weighted by atomic mass is 9.80. The van der Waals surface area contributed by atoms with Gasteiger partial charge in [0.1, 0.15) is 53.8 Å². The molecule has 0 saturated carbocycles. The van der Waals surface area contributed by atoms with Gasteiger partial charge in [-0.05, 0) is 80.5 Å². The SMILES string of the molecule is COc1ccc(C(OC[C@H]2O[C@@H](n3cc(C)c(=O)[nH]c3=O)C[C@@H]2CC(=O)CC[C@H]2O[C@@H](n3cc(C)c(=O)[nH]c3=O)C[C@@H]2OP(OCCC#N)OC[C@H]2O[C@@H](n3cc(C)c(=O)[nH]c3=O)C[C@@H]2OC(C)=O)(c2ccccc2)c2ccc(OC)cc2)cc1. The quantitative estimate of drug-likeness (QED) is 0.0283. The second-order valence-electron chi connectivity index (χ2n) is 20.9. The van der Waals surface area contributed by atoms with E-state index in [1.165, 1.54) is 53.1 Å². The first-order valence-electron chi connectivity index (χ1n) is 27.6. The number of ketones is 1. The lowest BCUT2D eigenvalue weighted by Crippen LogP contribution is -2.37. The number of rotatable bonds is 25. The summed E-state index contributed by atoms with van der Waals surface area (Å²) in [7, 11) is 0.759. The minimum absolute atomic E-state index is 0.00292. The summed E-state index contributed by atoms with van der Waals surface area (Å²) in [6.07, 6.45) is -3.32. The predicted octanol–water partition coefficient (Wildman–Crippen LogP) is 5.30. The van der Waals surface area contributed by atoms with E-state index in [2.05, 4.69) is 15.0 Å². The van der Waals surface area contributed by atoms with Crippen molar-refractivity contribution in [3.63, 3.8) is 0 Å². The normalized spacial score (nSPS) is 22.4. The van der Waals surface area contributed by atoms with Crippen LogP contribution in [0.25, 0.3) is 0 Å². The van der Waals surface area contributed by atoms with Gasteiger partial charge in [-0.25, -0.2) is 14.4 Å². The van der Waals surface area contributed by atoms with Crippen molar-refractivity contribution < 1.29 is 56.3 Å². The molecule has 450 valence electrons. The molecule has 0 amide bonds. The van der Waals surface area contributed by atoms with Crippen LogP contribution in [0.4, 0.5) is 0 Å². The van der Waals surface area contributed by atoms with Crippen LogP contribution in [0.2, 0.25) is 0 Å². The third-order valence-corrected chi connectivity index (χ3v) is 16.4. The van der Waals surface area contributed by atoms with Crippen molar-refractivity contribution in [2.24, 2.45) is 5.92 Å². The fourth-order valence-electron chi connectivity index (χ4n) is 10.8. The Kier molecular flexibility index (Phi) is 19.9. The van der Waals surface area contributed by atoms with Gasteiger partial charge in [-0.3, -0.25) is 52.6 Å². The molecule has 0 spiro atoms. The molecule has 25 nitrogen and oxygen atoms in total. The third kappa shape index (κ3) is 14.3. The summed E-state index contributed by atoms with van der Waals surface area (Å²) in [5.41, 5.74) is -2.16. The van der Waals surface area contributed by atoms with Gasteiger partial charge < -0.3 is 46.7 Å². The van der Waals surface area contributed by atoms with Crippen LogP contribution in [-0.2, 0) is 52.4 Å². The number of aromatic nitrogens is 6. The van der Waals surface area contributed by atoms with Crippen molar-refractivity contribution in [1.29, 1.82) is 5.26 Å². The molecule has 3 aromatic carbocycles. The number of aromatic amines is 3. The Balaban J connectivity index is 0.980. The van der Waals surface area contributed by atoms with E-state index in [1.54, 1.807) is 21.1 Å². The standard InChI is InChI=1S/C59H66N7O18P/c1-34-29-64(56(72)61-53(34)69)50-26-38(48(82-50)32-77-59(39-11-8-7-9-12-39,40-13-18-43(75-5)19-14-40)41-15-20-44(76-6)21-16-41)25-42(68)17-22-45-47(28-52(81-45)66-31-36(3)55(71)63-58(66)74)84-85(78-24-10-23-60)79-33-49-46(80-37(4)67)27-51(83-49)65-30-35(2)54(70)62-57(65)73/h7-9,11-16,18-21,29-31,38,45-52H,10,17,22,24-28,32-33H2,1-6H3,(H,61,69,72)(H,62,70,73)(H,63,71,74)/t38-,45+,46-,47-,48+,49+,50+,51+,52+,85?/m0/s1. The van der Waals surface area contributed by atoms with Crippen molar-refractivity contribution in [2.75, 3.05) is 34.0 Å². The lowest BCUT2D eigenvalue weighted by molar-refractivity contribution is -0.150. The molecule has 26 heteroatoms. The minimum Gasteiger partial charge on any atom is -0.497 e. The van der Waals surface area contributed by atoms with E-state index in [9.17, 15) is 43.6 Å². The number of hydrogen-bond donors (Lipinski definition) is 3. The molecule has 3 saturated heterocycles. The molecule has 9 rings (SSSR count). The van der Waals surface area contributed by atoms with E-state index >= 15 is 0 Å². The number of carbonyl (C=O) groups excluding carboxylic acids is 2. The molecule has 0 bridgehead atoms. The van der Waals surface area contributed by atoms with Gasteiger partial charge in [0, 0.05) is 67.9 Å². The van der Waals surface area contributed by atoms with Crippen LogP contribution in [0.3, 0.4) is 0 Å². The van der Waals surface area contributed by atoms with Gasteiger partial charge in [0.05, 0.1) is 64.8 Å². The van der Waals surface area contributed by atoms with Crippen molar-refractivity contribution in [3.05, 3.63) is 193 Å². The molecular weight excluding hydrogens is 1130 g/mol. The maximum absolute atomic E-state index is 14.6. The average Bonchev–Trinajstić information content (AvgIpc) is 3.94. The summed E-state index contributed by atoms with van der Waals surface area (Å²) in [5, 5.41) is 9.45. The second-order valence-corrected chi connectivity index (χ2v) is 22.1. The van der Waals surface area contributed by atoms with E-state index in [1.807, 2.05) is 84.9 Å². The highest BCUT2D eigenvalue weighted by molar-refractivity contribution is 7.41. The predicted molar refractivity (Wildman–Crippen MR) is 304 cm³/mol. The summed E-state index contributed by atoms with van der Waals surface area (Å²) >= 11 is 0. The van der Waals surface area contributed by atoms with Gasteiger partial charge in [-0.1, -0.05) is 54.6 Å². The van der Waals surface area contributed by atoms with E-state index in [0.717, 1.165) is 16.7 Å². The van der Waals surface area contributed by atoms with Gasteiger partial charge in [-0.2, -0.15) is 5.26 Å². The van der Waals surface area contributed by atoms with Gasteiger partial charge in [0.2, 0.25) is 0 Å². The third-order valence-electron chi connectivity index (χ3n) is 15.2. The Morgan fingerprint density at radius 3 is 1.62 bits per heavy atom. The summed E-state index contributed by atoms with van der Waals surface area (Å²) in [5.74, 6) is -0.166. The van der Waals surface area contributed by atoms with Crippen LogP contribution in [0.15, 0.2) is 126 Å². The molecule has 1 unspecified atom stereocenters. The van der Waals surface area contributed by atoms with Crippen molar-refractivity contribution >= 4 is 20.4 Å². The maximum atomic E-state index is 14.6. The van der Waals surface area contributed by atoms with Crippen molar-refractivity contribution in [1.82, 2.24) is 28.7 Å². The van der Waals surface area contributed by atoms with Gasteiger partial charge in [-0.15, -0.1) is 0 Å². The number of nitrogens with one attached hydrogen (secondary N) is 3. The molecule has 0 aliphatic carbocycles. The lowest BCUT2D eigenvalue weighted by Gasteiger charge is -2.37. The molecule has 3 fully saturated rings. The summed E-state index contributed by atoms with van der Waals surface area (Å²) in [6.45, 7) is 5.30. The molecular formula is C59H66N7O18P. The number of benzene rings is 3. The fraction of sp³-hybridized carbons (Fsp3) is 0.441. The van der Waals surface area contributed by atoms with E-state index in [-0.39, 0.29) is 87.2 Å². The van der Waals surface area contributed by atoms with Crippen LogP contribution in [0.5, 0.6) is 11.5 Å². The zero-order valence-electron chi connectivity index (χ0n) is 47.6. The zero-order chi connectivity index (χ0) is 60.5. The number of hydrogen-bond acceptors (Lipinski definition) is 19. The highest BCUT2D eigenvalue weighted by atomic mass is 31.2. The van der Waals surface area contributed by atoms with E-state index in [0.29, 0.717) is 11.5 Å². The largest absolute Gasteiger partial charge is 0.497 e. The number of Topliss-reactive ketones (excluding diaryl/α,β-unsaturated/α-hetero) is 1. The van der Waals surface area contributed by atoms with Gasteiger partial charge in [0.25, 0.3) is 16.7 Å². The number of H-pyrrole nitrogens is 3. The van der Waals surface area contributed by atoms with E-state index in [4.69, 9.17) is 46.7 Å². The average molecular weight is 1190 g/mol. The summed E-state index contributed by atoms with van der Waals surface area (Å²) in [6, 6.07) is 26.6. The number of nitrogens with zero attached hydrogens (tertiary/aromatic N) is 4. The minimum atomic E-state index is -2.40. The summed E-state index contributed by atoms with van der Waals surface area (Å²) < 4.78 is 65.8. The molecule has 6 aromatic rings. The Labute approximate surface area is 487 Å². The Hall–Kier alpha value is -7.92. The van der Waals surface area contributed by atoms with Crippen LogP contribution in [0.1, 0.15) is 104 Å². The fourth-order valence-corrected chi connectivity index (χ4v) is 12.0. The van der Waals surface area contributed by atoms with Gasteiger partial charge in [0.15, 0.2) is 0 Å². The van der Waals surface area contributed by atoms with Crippen LogP contribution in [0, 0.1) is 38.0 Å². The number of carbonyl (C=O) groups is 2. The number of methoxy groups -OCH3 is 2. The maximum Gasteiger partial charge on any atom is 0.333 e. The molecule has 0 radical (unpaired) electrons. The molecule has 10 atom stereocenters. The van der Waals surface area contributed by atoms with Crippen LogP contribution >= 0.6 is 8.60 Å². The van der Waals surface area contributed by atoms with Crippen LogP contribution < -0.4 is 43.2 Å². The molecule has 3 aliphatic heterocycles. The first kappa shape index (κ1) is 61.6. The molecule has 3 aliphatic rings. The number of nitriles is 1. The Morgan fingerprint density at radius 2 is 1.12 bits per heavy atom. The van der Waals surface area contributed by atoms with Crippen molar-refractivity contribution in [2.45, 2.75) is 127 Å². The monoisotopic (exact) mass is 1190 g/mol. The highest BCUT2D eigenvalue weighted by Gasteiger charge is 2.46. The number of aryl methyl sites for hydroxylation is 3. The zero-order valence-corrected chi connectivity index (χ0v) is 48.5.